The molecule has 1 saturated heterocycles. The maximum atomic E-state index is 13.7. The molecule has 0 amide bonds. The molecule has 1 aliphatic heterocycles. The lowest BCUT2D eigenvalue weighted by Gasteiger charge is -2.23. The fourth-order valence-electron chi connectivity index (χ4n) is 3.61. The van der Waals surface area contributed by atoms with Crippen LogP contribution in [0.15, 0.2) is 29.4 Å². The van der Waals surface area contributed by atoms with Gasteiger partial charge in [-0.15, -0.1) is 0 Å². The van der Waals surface area contributed by atoms with Crippen LogP contribution in [0.25, 0.3) is 11.3 Å². The zero-order chi connectivity index (χ0) is 22.4. The third-order valence-corrected chi connectivity index (χ3v) is 5.30. The van der Waals surface area contributed by atoms with Crippen molar-refractivity contribution in [3.8, 4) is 23.1 Å². The number of hydrogen-bond acceptors (Lipinski definition) is 7. The predicted molar refractivity (Wildman–Crippen MR) is 109 cm³/mol. The summed E-state index contributed by atoms with van der Waals surface area (Å²) in [5.41, 5.74) is 6.88. The number of nitrogens with zero attached hydrogens (tertiary/aromatic N) is 3. The molecular formula is C21H23F3N6O. The highest BCUT2D eigenvalue weighted by Gasteiger charge is 2.35. The van der Waals surface area contributed by atoms with Crippen molar-refractivity contribution in [3.63, 3.8) is 0 Å². The molecule has 2 heterocycles. The molecule has 0 unspecified atom stereocenters. The lowest BCUT2D eigenvalue weighted by atomic mass is 9.95. The molecule has 31 heavy (non-hydrogen) atoms. The van der Waals surface area contributed by atoms with Gasteiger partial charge in [0.05, 0.1) is 23.6 Å². The lowest BCUT2D eigenvalue weighted by Crippen LogP contribution is -2.28. The molecule has 1 aromatic carbocycles. The number of anilines is 1. The van der Waals surface area contributed by atoms with E-state index in [1.807, 2.05) is 6.07 Å². The summed E-state index contributed by atoms with van der Waals surface area (Å²) < 4.78 is 46.7. The van der Waals surface area contributed by atoms with Crippen LogP contribution in [0, 0.1) is 22.8 Å². The zero-order valence-corrected chi connectivity index (χ0v) is 17.0. The van der Waals surface area contributed by atoms with Gasteiger partial charge in [0.1, 0.15) is 17.5 Å². The first kappa shape index (κ1) is 22.5. The summed E-state index contributed by atoms with van der Waals surface area (Å²) >= 11 is 0. The molecule has 1 aliphatic rings. The second-order valence-corrected chi connectivity index (χ2v) is 7.27. The minimum absolute atomic E-state index is 0.0302. The number of benzene rings is 1. The topological polar surface area (TPSA) is 106 Å². The Balaban J connectivity index is 1.89. The van der Waals surface area contributed by atoms with Crippen LogP contribution in [0.3, 0.4) is 0 Å². The number of pyridine rings is 1. The number of nitriles is 1. The molecular weight excluding hydrogens is 409 g/mol. The first-order valence-electron chi connectivity index (χ1n) is 9.93. The maximum Gasteiger partial charge on any atom is 0.419 e. The summed E-state index contributed by atoms with van der Waals surface area (Å²) in [6.07, 6.45) is -1.91. The third-order valence-electron chi connectivity index (χ3n) is 5.30. The number of halogens is 3. The smallest absolute Gasteiger partial charge is 0.419 e. The molecule has 0 radical (unpaired) electrons. The molecule has 7 nitrogen and oxygen atoms in total. The number of nitrogens with one attached hydrogen (secondary N) is 3. The molecule has 0 atom stereocenters. The van der Waals surface area contributed by atoms with Gasteiger partial charge in [0.2, 0.25) is 0 Å². The fourth-order valence-corrected chi connectivity index (χ4v) is 3.61. The van der Waals surface area contributed by atoms with Crippen LogP contribution in [0.4, 0.5) is 24.5 Å². The van der Waals surface area contributed by atoms with Crippen molar-refractivity contribution in [2.24, 2.45) is 11.0 Å². The number of aromatic nitrogens is 1. The molecule has 2 aromatic rings. The summed E-state index contributed by atoms with van der Waals surface area (Å²) in [5, 5.41) is 18.6. The van der Waals surface area contributed by atoms with Gasteiger partial charge >= 0.3 is 6.18 Å². The molecule has 1 fully saturated rings. The Morgan fingerprint density at radius 3 is 2.68 bits per heavy atom. The normalized spacial score (nSPS) is 14.7. The van der Waals surface area contributed by atoms with Crippen LogP contribution in [-0.2, 0) is 6.18 Å². The highest BCUT2D eigenvalue weighted by molar-refractivity contribution is 5.76. The minimum atomic E-state index is -4.61. The Morgan fingerprint density at radius 2 is 2.06 bits per heavy atom. The molecule has 0 saturated carbocycles. The van der Waals surface area contributed by atoms with Crippen LogP contribution < -0.4 is 15.4 Å². The van der Waals surface area contributed by atoms with Crippen molar-refractivity contribution in [2.45, 2.75) is 25.4 Å². The van der Waals surface area contributed by atoms with Gasteiger partial charge in [-0.1, -0.05) is 0 Å². The van der Waals surface area contributed by atoms with Crippen LogP contribution >= 0.6 is 0 Å². The lowest BCUT2D eigenvalue weighted by molar-refractivity contribution is -0.138. The minimum Gasteiger partial charge on any atom is -0.493 e. The van der Waals surface area contributed by atoms with Crippen molar-refractivity contribution >= 4 is 11.4 Å². The van der Waals surface area contributed by atoms with E-state index in [9.17, 15) is 18.4 Å². The predicted octanol–water partition coefficient (Wildman–Crippen LogP) is 5.11. The zero-order valence-electron chi connectivity index (χ0n) is 17.0. The van der Waals surface area contributed by atoms with Gasteiger partial charge in [0, 0.05) is 12.6 Å². The average Bonchev–Trinajstić information content (AvgIpc) is 2.78. The van der Waals surface area contributed by atoms with Gasteiger partial charge in [-0.3, -0.25) is 0 Å². The van der Waals surface area contributed by atoms with Crippen LogP contribution in [0.5, 0.6) is 5.75 Å². The van der Waals surface area contributed by atoms with Crippen molar-refractivity contribution in [1.82, 2.24) is 10.3 Å². The van der Waals surface area contributed by atoms with E-state index >= 15 is 0 Å². The summed E-state index contributed by atoms with van der Waals surface area (Å²) in [6, 6.07) is 7.03. The Kier molecular flexibility index (Phi) is 7.07. The maximum absolute atomic E-state index is 13.7. The van der Waals surface area contributed by atoms with E-state index in [4.69, 9.17) is 10.3 Å². The second-order valence-electron chi connectivity index (χ2n) is 7.27. The van der Waals surface area contributed by atoms with E-state index in [2.05, 4.69) is 20.7 Å². The van der Waals surface area contributed by atoms with Gasteiger partial charge < -0.3 is 15.4 Å². The van der Waals surface area contributed by atoms with Crippen molar-refractivity contribution in [2.75, 3.05) is 32.1 Å². The van der Waals surface area contributed by atoms with Crippen LogP contribution in [-0.4, -0.2) is 31.7 Å². The van der Waals surface area contributed by atoms with Gasteiger partial charge in [0.25, 0.3) is 0 Å². The van der Waals surface area contributed by atoms with Crippen molar-refractivity contribution in [1.29, 1.82) is 10.8 Å². The van der Waals surface area contributed by atoms with E-state index in [0.29, 0.717) is 18.0 Å². The summed E-state index contributed by atoms with van der Waals surface area (Å²) in [7, 11) is 1.56. The molecule has 10 heteroatoms. The number of hydrogen-bond donors (Lipinski definition) is 3. The summed E-state index contributed by atoms with van der Waals surface area (Å²) in [5.74, 6) is 0.224. The van der Waals surface area contributed by atoms with Gasteiger partial charge in [-0.2, -0.15) is 23.5 Å². The third kappa shape index (κ3) is 5.30. The standard InChI is InChI=1S/C21H23F3N6O/c1-27-17-11-16(29-18(12-25)20(17)30-26)14-2-3-19(15(10-14)21(22,23)24)31-9-6-13-4-7-28-8-5-13/h2-3,10-11,13,26,28H,4-9H2,1H3,(H,27,29). The van der Waals surface area contributed by atoms with E-state index in [1.165, 1.54) is 18.2 Å². The number of piperidine rings is 1. The number of alkyl halides is 3. The van der Waals surface area contributed by atoms with E-state index < -0.39 is 11.7 Å². The highest BCUT2D eigenvalue weighted by atomic mass is 19.4. The Labute approximate surface area is 178 Å². The second kappa shape index (κ2) is 9.75. The van der Waals surface area contributed by atoms with Gasteiger partial charge in [-0.05, 0) is 62.5 Å². The molecule has 3 N–H and O–H groups in total. The first-order valence-corrected chi connectivity index (χ1v) is 9.93. The fraction of sp³-hybridized carbons (Fsp3) is 0.429. The van der Waals surface area contributed by atoms with E-state index in [-0.39, 0.29) is 35.0 Å². The molecule has 0 spiro atoms. The Morgan fingerprint density at radius 1 is 1.32 bits per heavy atom. The Hall–Kier alpha value is -3.19. The van der Waals surface area contributed by atoms with Gasteiger partial charge in [-0.25, -0.2) is 10.5 Å². The number of rotatable bonds is 7. The van der Waals surface area contributed by atoms with Gasteiger partial charge in [0.15, 0.2) is 5.69 Å². The molecule has 0 bridgehead atoms. The quantitative estimate of drug-likeness (QED) is 0.527. The first-order chi connectivity index (χ1) is 14.9. The average molecular weight is 432 g/mol. The monoisotopic (exact) mass is 432 g/mol. The largest absolute Gasteiger partial charge is 0.493 e. The van der Waals surface area contributed by atoms with Crippen molar-refractivity contribution in [3.05, 3.63) is 35.5 Å². The molecule has 164 valence electrons. The van der Waals surface area contributed by atoms with E-state index in [1.54, 1.807) is 7.05 Å². The molecule has 0 aliphatic carbocycles. The SMILES string of the molecule is CNc1cc(-c2ccc(OCCC3CCNCC3)c(C(F)(F)F)c2)nc(C#N)c1N=N. The highest BCUT2D eigenvalue weighted by Crippen LogP contribution is 2.40. The van der Waals surface area contributed by atoms with Crippen LogP contribution in [0.1, 0.15) is 30.5 Å². The molecule has 3 rings (SSSR count). The Bertz CT molecular complexity index is 980. The summed E-state index contributed by atoms with van der Waals surface area (Å²) in [4.78, 5) is 4.09. The van der Waals surface area contributed by atoms with E-state index in [0.717, 1.165) is 32.0 Å². The van der Waals surface area contributed by atoms with Crippen molar-refractivity contribution < 1.29 is 17.9 Å². The van der Waals surface area contributed by atoms with Crippen LogP contribution in [0.2, 0.25) is 0 Å². The number of ether oxygens (including phenoxy) is 1. The summed E-state index contributed by atoms with van der Waals surface area (Å²) in [6.45, 7) is 2.06. The molecule has 1 aromatic heterocycles.